The predicted octanol–water partition coefficient (Wildman–Crippen LogP) is 4.12. The van der Waals surface area contributed by atoms with Crippen LogP contribution in [-0.2, 0) is 11.4 Å². The zero-order valence-electron chi connectivity index (χ0n) is 14.1. The lowest BCUT2D eigenvalue weighted by molar-refractivity contribution is 0.284. The van der Waals surface area contributed by atoms with E-state index in [1.165, 1.54) is 18.9 Å². The molecule has 3 nitrogen and oxygen atoms in total. The maximum atomic E-state index is 14.0. The average Bonchev–Trinajstić information content (AvgIpc) is 3.36. The number of nitrogens with one attached hydrogen (secondary N) is 1. The van der Waals surface area contributed by atoms with E-state index in [1.54, 1.807) is 12.1 Å². The van der Waals surface area contributed by atoms with Gasteiger partial charge in [-0.15, -0.1) is 4.72 Å². The van der Waals surface area contributed by atoms with Crippen molar-refractivity contribution in [2.24, 2.45) is 11.8 Å². The van der Waals surface area contributed by atoms with E-state index in [0.717, 1.165) is 18.4 Å². The molecule has 0 heterocycles. The van der Waals surface area contributed by atoms with Crippen LogP contribution in [0.25, 0.3) is 0 Å². The third kappa shape index (κ3) is 4.61. The quantitative estimate of drug-likeness (QED) is 0.760. The summed E-state index contributed by atoms with van der Waals surface area (Å²) in [5.74, 6) is 1.07. The highest BCUT2D eigenvalue weighted by molar-refractivity contribution is 7.90. The molecule has 1 N–H and O–H groups in total. The second-order valence-electron chi connectivity index (χ2n) is 7.76. The van der Waals surface area contributed by atoms with Gasteiger partial charge in [0.15, 0.2) is 11.6 Å². The minimum atomic E-state index is -1.15. The van der Waals surface area contributed by atoms with E-state index in [4.69, 9.17) is 4.74 Å². The third-order valence-corrected chi connectivity index (χ3v) is 5.95. The van der Waals surface area contributed by atoms with Gasteiger partial charge in [0.25, 0.3) is 0 Å². The number of halogens is 1. The summed E-state index contributed by atoms with van der Waals surface area (Å²) in [6.45, 7) is 6.45. The topological polar surface area (TPSA) is 44.3 Å². The molecule has 128 valence electrons. The zero-order valence-corrected chi connectivity index (χ0v) is 14.9. The van der Waals surface area contributed by atoms with E-state index in [0.29, 0.717) is 24.2 Å². The molecule has 3 rings (SSSR count). The predicted molar refractivity (Wildman–Crippen MR) is 91.1 cm³/mol. The van der Waals surface area contributed by atoms with Gasteiger partial charge in [-0.05, 0) is 76.0 Å². The fraction of sp³-hybridized carbons (Fsp3) is 0.667. The van der Waals surface area contributed by atoms with Gasteiger partial charge in [-0.25, -0.2) is 4.39 Å². The molecule has 1 unspecified atom stereocenters. The molecule has 0 saturated heterocycles. The van der Waals surface area contributed by atoms with Crippen molar-refractivity contribution in [1.29, 1.82) is 0 Å². The minimum absolute atomic E-state index is 0.000988. The first-order valence-corrected chi connectivity index (χ1v) is 9.60. The van der Waals surface area contributed by atoms with Gasteiger partial charge in [-0.1, -0.05) is 6.07 Å². The Bertz CT molecular complexity index is 552. The van der Waals surface area contributed by atoms with Gasteiger partial charge < -0.3 is 9.29 Å². The molecule has 0 spiro atoms. The SMILES string of the molecule is CC(C)(C)[S+]([O-])N[C@H](c1ccc(F)c(OCC2CC2)c1)C1CC1. The van der Waals surface area contributed by atoms with Crippen LogP contribution in [0.5, 0.6) is 5.75 Å². The summed E-state index contributed by atoms with van der Waals surface area (Å²) in [5.41, 5.74) is 0.970. The Morgan fingerprint density at radius 2 is 2.00 bits per heavy atom. The van der Waals surface area contributed by atoms with Crippen LogP contribution in [0.1, 0.15) is 58.1 Å². The molecule has 2 saturated carbocycles. The van der Waals surface area contributed by atoms with Crippen LogP contribution < -0.4 is 9.46 Å². The molecule has 1 aromatic rings. The number of benzene rings is 1. The van der Waals surface area contributed by atoms with Gasteiger partial charge in [-0.2, -0.15) is 0 Å². The highest BCUT2D eigenvalue weighted by Gasteiger charge is 2.38. The Morgan fingerprint density at radius 1 is 1.30 bits per heavy atom. The van der Waals surface area contributed by atoms with Crippen molar-refractivity contribution in [2.75, 3.05) is 6.61 Å². The van der Waals surface area contributed by atoms with Crippen molar-refractivity contribution in [1.82, 2.24) is 4.72 Å². The number of ether oxygens (including phenoxy) is 1. The van der Waals surface area contributed by atoms with Gasteiger partial charge in [-0.3, -0.25) is 0 Å². The van der Waals surface area contributed by atoms with E-state index in [1.807, 2.05) is 20.8 Å². The second-order valence-corrected chi connectivity index (χ2v) is 9.76. The lowest BCUT2D eigenvalue weighted by atomic mass is 10.0. The fourth-order valence-electron chi connectivity index (χ4n) is 2.47. The number of hydrogen-bond acceptors (Lipinski definition) is 3. The van der Waals surface area contributed by atoms with Gasteiger partial charge >= 0.3 is 0 Å². The van der Waals surface area contributed by atoms with Crippen LogP contribution in [0.2, 0.25) is 0 Å². The maximum absolute atomic E-state index is 14.0. The lowest BCUT2D eigenvalue weighted by Gasteiger charge is -2.28. The van der Waals surface area contributed by atoms with Crippen molar-refractivity contribution in [3.05, 3.63) is 29.6 Å². The summed E-state index contributed by atoms with van der Waals surface area (Å²) in [6, 6.07) is 5.04. The highest BCUT2D eigenvalue weighted by atomic mass is 32.2. The summed E-state index contributed by atoms with van der Waals surface area (Å²) in [6.07, 6.45) is 4.60. The van der Waals surface area contributed by atoms with E-state index in [2.05, 4.69) is 4.72 Å². The summed E-state index contributed by atoms with van der Waals surface area (Å²) in [5, 5.41) is 0. The van der Waals surface area contributed by atoms with Crippen LogP contribution in [-0.4, -0.2) is 15.9 Å². The molecular weight excluding hydrogens is 313 g/mol. The van der Waals surface area contributed by atoms with Gasteiger partial charge in [0, 0.05) is 11.4 Å². The monoisotopic (exact) mass is 339 g/mol. The Labute approximate surface area is 141 Å². The first-order valence-electron chi connectivity index (χ1n) is 8.45. The Balaban J connectivity index is 1.74. The minimum Gasteiger partial charge on any atom is -0.598 e. The smallest absolute Gasteiger partial charge is 0.165 e. The van der Waals surface area contributed by atoms with Crippen molar-refractivity contribution >= 4 is 11.4 Å². The zero-order chi connectivity index (χ0) is 16.6. The van der Waals surface area contributed by atoms with Crippen molar-refractivity contribution in [2.45, 2.75) is 57.2 Å². The number of rotatable bonds is 7. The molecule has 2 atom stereocenters. The summed E-state index contributed by atoms with van der Waals surface area (Å²) < 4.78 is 35.0. The van der Waals surface area contributed by atoms with E-state index in [9.17, 15) is 8.94 Å². The normalized spacial score (nSPS) is 21.1. The average molecular weight is 339 g/mol. The molecule has 5 heteroatoms. The van der Waals surface area contributed by atoms with Crippen LogP contribution in [0.15, 0.2) is 18.2 Å². The first kappa shape index (κ1) is 17.1. The summed E-state index contributed by atoms with van der Waals surface area (Å²) >= 11 is -1.15. The van der Waals surface area contributed by atoms with Crippen LogP contribution in [0.4, 0.5) is 4.39 Å². The summed E-state index contributed by atoms with van der Waals surface area (Å²) in [7, 11) is 0. The molecule has 1 aromatic carbocycles. The molecule has 0 aromatic heterocycles. The van der Waals surface area contributed by atoms with E-state index < -0.39 is 11.4 Å². The van der Waals surface area contributed by atoms with Gasteiger partial charge in [0.1, 0.15) is 4.75 Å². The van der Waals surface area contributed by atoms with E-state index in [-0.39, 0.29) is 16.6 Å². The molecule has 0 radical (unpaired) electrons. The number of hydrogen-bond donors (Lipinski definition) is 1. The standard InChI is InChI=1S/C18H26FNO2S/c1-18(2,3)23(21)20-17(13-6-7-13)14-8-9-15(19)16(10-14)22-11-12-4-5-12/h8-10,12-13,17,20H,4-7,11H2,1-3H3/t17-,23?/m0/s1. The van der Waals surface area contributed by atoms with Crippen molar-refractivity contribution < 1.29 is 13.7 Å². The second kappa shape index (κ2) is 6.61. The Morgan fingerprint density at radius 3 is 2.57 bits per heavy atom. The molecule has 2 aliphatic carbocycles. The van der Waals surface area contributed by atoms with Crippen LogP contribution in [0.3, 0.4) is 0 Å². The van der Waals surface area contributed by atoms with E-state index >= 15 is 0 Å². The lowest BCUT2D eigenvalue weighted by Crippen LogP contribution is -2.41. The molecular formula is C18H26FNO2S. The van der Waals surface area contributed by atoms with Gasteiger partial charge in [0.2, 0.25) is 0 Å². The maximum Gasteiger partial charge on any atom is 0.165 e. The van der Waals surface area contributed by atoms with Gasteiger partial charge in [0.05, 0.1) is 12.6 Å². The van der Waals surface area contributed by atoms with Crippen LogP contribution >= 0.6 is 0 Å². The molecule has 2 fully saturated rings. The molecule has 2 aliphatic rings. The molecule has 0 amide bonds. The Hall–Kier alpha value is -0.780. The molecule has 0 bridgehead atoms. The third-order valence-electron chi connectivity index (χ3n) is 4.37. The highest BCUT2D eigenvalue weighted by Crippen LogP contribution is 2.43. The molecule has 0 aliphatic heterocycles. The fourth-order valence-corrected chi connectivity index (χ4v) is 3.39. The summed E-state index contributed by atoms with van der Waals surface area (Å²) in [4.78, 5) is 0. The Kier molecular flexibility index (Phi) is 4.90. The largest absolute Gasteiger partial charge is 0.598 e. The van der Waals surface area contributed by atoms with Crippen LogP contribution in [0, 0.1) is 17.7 Å². The van der Waals surface area contributed by atoms with Crippen molar-refractivity contribution in [3.8, 4) is 5.75 Å². The first-order chi connectivity index (χ1) is 10.8. The molecule has 23 heavy (non-hydrogen) atoms. The van der Waals surface area contributed by atoms with Crippen molar-refractivity contribution in [3.63, 3.8) is 0 Å².